The molecule has 0 saturated carbocycles. The molecule has 3 rings (SSSR count). The van der Waals surface area contributed by atoms with E-state index in [2.05, 4.69) is 10.1 Å². The zero-order valence-corrected chi connectivity index (χ0v) is 14.9. The summed E-state index contributed by atoms with van der Waals surface area (Å²) >= 11 is 0. The Labute approximate surface area is 155 Å². The van der Waals surface area contributed by atoms with E-state index in [0.717, 1.165) is 11.1 Å². The number of hydrogen-bond acceptors (Lipinski definition) is 4. The number of anilines is 1. The number of carbonyl (C=O) groups is 2. The second-order valence-electron chi connectivity index (χ2n) is 6.44. The Morgan fingerprint density at radius 3 is 2.59 bits per heavy atom. The Morgan fingerprint density at radius 1 is 1.22 bits per heavy atom. The van der Waals surface area contributed by atoms with E-state index in [0.29, 0.717) is 23.4 Å². The standard InChI is InChI=1S/C20H19F2NO4/c1-11-3-8-16(19-15(24)9-12(2)18(11)19)26-10-17(25)23-13-4-6-14(7-5-13)27-20(21)22/h3-8,12,20H,9-10H2,1-2H3,(H,23,25)/t12-/m0/s1. The molecule has 5 nitrogen and oxygen atoms in total. The molecule has 142 valence electrons. The Hall–Kier alpha value is -2.96. The van der Waals surface area contributed by atoms with Crippen LogP contribution in [0.25, 0.3) is 0 Å². The van der Waals surface area contributed by atoms with E-state index in [1.807, 2.05) is 19.9 Å². The van der Waals surface area contributed by atoms with Crippen LogP contribution in [0.1, 0.15) is 40.7 Å². The van der Waals surface area contributed by atoms with E-state index >= 15 is 0 Å². The zero-order valence-electron chi connectivity index (χ0n) is 14.9. The van der Waals surface area contributed by atoms with Gasteiger partial charge in [0, 0.05) is 12.1 Å². The van der Waals surface area contributed by atoms with Gasteiger partial charge in [0.05, 0.1) is 5.56 Å². The van der Waals surface area contributed by atoms with Crippen molar-refractivity contribution in [2.75, 3.05) is 11.9 Å². The number of fused-ring (bicyclic) bond motifs is 1. The molecule has 1 aliphatic carbocycles. The zero-order chi connectivity index (χ0) is 19.6. The summed E-state index contributed by atoms with van der Waals surface area (Å²) in [4.78, 5) is 24.3. The van der Waals surface area contributed by atoms with Gasteiger partial charge in [-0.1, -0.05) is 13.0 Å². The van der Waals surface area contributed by atoms with E-state index < -0.39 is 12.5 Å². The number of halogens is 2. The van der Waals surface area contributed by atoms with Crippen LogP contribution in [-0.2, 0) is 4.79 Å². The number of Topliss-reactive ketones (excluding diaryl/α,β-unsaturated/α-hetero) is 1. The van der Waals surface area contributed by atoms with Crippen molar-refractivity contribution < 1.29 is 27.8 Å². The quantitative estimate of drug-likeness (QED) is 0.817. The molecule has 0 radical (unpaired) electrons. The molecule has 0 heterocycles. The number of benzene rings is 2. The highest BCUT2D eigenvalue weighted by molar-refractivity contribution is 6.04. The third-order valence-corrected chi connectivity index (χ3v) is 4.41. The van der Waals surface area contributed by atoms with Crippen LogP contribution in [0.2, 0.25) is 0 Å². The van der Waals surface area contributed by atoms with E-state index in [1.165, 1.54) is 24.3 Å². The van der Waals surface area contributed by atoms with Crippen molar-refractivity contribution in [2.24, 2.45) is 0 Å². The molecule has 0 aliphatic heterocycles. The summed E-state index contributed by atoms with van der Waals surface area (Å²) in [6.45, 7) is 0.771. The first kappa shape index (κ1) is 18.8. The van der Waals surface area contributed by atoms with Gasteiger partial charge in [-0.2, -0.15) is 8.78 Å². The third-order valence-electron chi connectivity index (χ3n) is 4.41. The van der Waals surface area contributed by atoms with E-state index in [1.54, 1.807) is 6.07 Å². The van der Waals surface area contributed by atoms with Gasteiger partial charge in [0.25, 0.3) is 5.91 Å². The number of ketones is 1. The van der Waals surface area contributed by atoms with Crippen LogP contribution in [0.5, 0.6) is 11.5 Å². The van der Waals surface area contributed by atoms with Gasteiger partial charge in [-0.3, -0.25) is 9.59 Å². The van der Waals surface area contributed by atoms with E-state index in [9.17, 15) is 18.4 Å². The fourth-order valence-electron chi connectivity index (χ4n) is 3.29. The minimum absolute atomic E-state index is 0.00194. The molecular weight excluding hydrogens is 356 g/mol. The summed E-state index contributed by atoms with van der Waals surface area (Å²) in [5, 5.41) is 2.60. The molecule has 1 amide bonds. The second-order valence-corrected chi connectivity index (χ2v) is 6.44. The maximum Gasteiger partial charge on any atom is 0.387 e. The molecule has 2 aromatic rings. The average Bonchev–Trinajstić information content (AvgIpc) is 2.91. The van der Waals surface area contributed by atoms with Gasteiger partial charge >= 0.3 is 6.61 Å². The van der Waals surface area contributed by atoms with Crippen molar-refractivity contribution >= 4 is 17.4 Å². The van der Waals surface area contributed by atoms with Gasteiger partial charge < -0.3 is 14.8 Å². The van der Waals surface area contributed by atoms with Crippen molar-refractivity contribution in [1.82, 2.24) is 0 Å². The first-order valence-corrected chi connectivity index (χ1v) is 8.49. The predicted molar refractivity (Wildman–Crippen MR) is 95.7 cm³/mol. The van der Waals surface area contributed by atoms with Gasteiger partial charge in [0.2, 0.25) is 0 Å². The van der Waals surface area contributed by atoms with Crippen LogP contribution in [0.15, 0.2) is 36.4 Å². The van der Waals surface area contributed by atoms with E-state index in [-0.39, 0.29) is 24.1 Å². The lowest BCUT2D eigenvalue weighted by molar-refractivity contribution is -0.118. The van der Waals surface area contributed by atoms with Crippen LogP contribution >= 0.6 is 0 Å². The van der Waals surface area contributed by atoms with Crippen LogP contribution in [0.3, 0.4) is 0 Å². The fourth-order valence-corrected chi connectivity index (χ4v) is 3.29. The Morgan fingerprint density at radius 2 is 1.93 bits per heavy atom. The number of alkyl halides is 2. The number of rotatable bonds is 6. The van der Waals surface area contributed by atoms with Crippen molar-refractivity contribution in [3.8, 4) is 11.5 Å². The van der Waals surface area contributed by atoms with Crippen LogP contribution in [0, 0.1) is 6.92 Å². The smallest absolute Gasteiger partial charge is 0.387 e. The molecular formula is C20H19F2NO4. The molecule has 0 unspecified atom stereocenters. The SMILES string of the molecule is Cc1ccc(OCC(=O)Nc2ccc(OC(F)F)cc2)c2c1[C@@H](C)CC2=O. The highest BCUT2D eigenvalue weighted by Crippen LogP contribution is 2.40. The number of ether oxygens (including phenoxy) is 2. The van der Waals surface area contributed by atoms with Gasteiger partial charge in [0.1, 0.15) is 11.5 Å². The molecule has 0 fully saturated rings. The topological polar surface area (TPSA) is 64.6 Å². The molecule has 0 saturated heterocycles. The number of aryl methyl sites for hydroxylation is 1. The monoisotopic (exact) mass is 375 g/mol. The van der Waals surface area contributed by atoms with Crippen molar-refractivity contribution in [3.05, 3.63) is 53.1 Å². The third kappa shape index (κ3) is 4.24. The summed E-state index contributed by atoms with van der Waals surface area (Å²) in [6, 6.07) is 9.14. The largest absolute Gasteiger partial charge is 0.483 e. The molecule has 27 heavy (non-hydrogen) atoms. The summed E-state index contributed by atoms with van der Waals surface area (Å²) in [5.74, 6) is 0.137. The minimum atomic E-state index is -2.90. The van der Waals surface area contributed by atoms with Crippen LogP contribution in [0.4, 0.5) is 14.5 Å². The molecule has 2 aromatic carbocycles. The predicted octanol–water partition coefficient (Wildman–Crippen LogP) is 4.30. The average molecular weight is 375 g/mol. The summed E-state index contributed by atoms with van der Waals surface area (Å²) < 4.78 is 34.1. The highest BCUT2D eigenvalue weighted by Gasteiger charge is 2.31. The molecule has 0 aromatic heterocycles. The fraction of sp³-hybridized carbons (Fsp3) is 0.300. The molecule has 1 aliphatic rings. The van der Waals surface area contributed by atoms with Crippen molar-refractivity contribution in [2.45, 2.75) is 32.8 Å². The van der Waals surface area contributed by atoms with Crippen LogP contribution < -0.4 is 14.8 Å². The minimum Gasteiger partial charge on any atom is -0.483 e. The normalized spacial score (nSPS) is 15.6. The number of hydrogen-bond donors (Lipinski definition) is 1. The van der Waals surface area contributed by atoms with Crippen molar-refractivity contribution in [3.63, 3.8) is 0 Å². The number of carbonyl (C=O) groups excluding carboxylic acids is 2. The molecule has 7 heteroatoms. The van der Waals surface area contributed by atoms with Gasteiger partial charge in [-0.15, -0.1) is 0 Å². The lowest BCUT2D eigenvalue weighted by Crippen LogP contribution is -2.20. The summed E-state index contributed by atoms with van der Waals surface area (Å²) in [6.07, 6.45) is 0.440. The maximum absolute atomic E-state index is 12.2. The van der Waals surface area contributed by atoms with Gasteiger partial charge in [-0.05, 0) is 54.3 Å². The van der Waals surface area contributed by atoms with Gasteiger partial charge in [0.15, 0.2) is 12.4 Å². The number of nitrogens with one attached hydrogen (secondary N) is 1. The first-order chi connectivity index (χ1) is 12.8. The highest BCUT2D eigenvalue weighted by atomic mass is 19.3. The second kappa shape index (κ2) is 7.73. The van der Waals surface area contributed by atoms with E-state index in [4.69, 9.17) is 4.74 Å². The Bertz CT molecular complexity index is 865. The molecule has 0 bridgehead atoms. The summed E-state index contributed by atoms with van der Waals surface area (Å²) in [7, 11) is 0. The maximum atomic E-state index is 12.2. The molecule has 1 N–H and O–H groups in total. The lowest BCUT2D eigenvalue weighted by atomic mass is 9.97. The first-order valence-electron chi connectivity index (χ1n) is 8.49. The molecule has 1 atom stereocenters. The number of amides is 1. The van der Waals surface area contributed by atoms with Crippen LogP contribution in [-0.4, -0.2) is 24.9 Å². The molecule has 0 spiro atoms. The van der Waals surface area contributed by atoms with Gasteiger partial charge in [-0.25, -0.2) is 0 Å². The van der Waals surface area contributed by atoms with Crippen molar-refractivity contribution in [1.29, 1.82) is 0 Å². The Balaban J connectivity index is 1.63. The summed E-state index contributed by atoms with van der Waals surface area (Å²) in [5.41, 5.74) is 2.99. The Kier molecular flexibility index (Phi) is 5.39. The lowest BCUT2D eigenvalue weighted by Gasteiger charge is -2.13.